The Morgan fingerprint density at radius 2 is 1.90 bits per heavy atom. The quantitative estimate of drug-likeness (QED) is 0.894. The van der Waals surface area contributed by atoms with Crippen LogP contribution in [0.3, 0.4) is 0 Å². The van der Waals surface area contributed by atoms with Gasteiger partial charge in [0.05, 0.1) is 5.02 Å². The van der Waals surface area contributed by atoms with Crippen LogP contribution in [0.5, 0.6) is 11.5 Å². The molecule has 0 fully saturated rings. The van der Waals surface area contributed by atoms with Crippen LogP contribution in [0.1, 0.15) is 10.5 Å². The lowest BCUT2D eigenvalue weighted by Gasteiger charge is -2.18. The first-order valence-corrected chi connectivity index (χ1v) is 6.64. The van der Waals surface area contributed by atoms with E-state index in [9.17, 15) is 4.79 Å². The van der Waals surface area contributed by atoms with Crippen molar-refractivity contribution in [3.8, 4) is 11.5 Å². The summed E-state index contributed by atoms with van der Waals surface area (Å²) in [5.74, 6) is 0.937. The van der Waals surface area contributed by atoms with E-state index in [1.165, 1.54) is 6.07 Å². The number of benzene rings is 1. The topological polar surface area (TPSA) is 63.4 Å². The number of nitrogens with one attached hydrogen (secondary N) is 2. The monoisotopic (exact) mass is 312 g/mol. The van der Waals surface area contributed by atoms with Gasteiger partial charge in [0.1, 0.15) is 24.1 Å². The summed E-state index contributed by atoms with van der Waals surface area (Å²) in [6.45, 7) is 1.02. The number of rotatable bonds is 2. The van der Waals surface area contributed by atoms with Gasteiger partial charge in [-0.15, -0.1) is 0 Å². The minimum absolute atomic E-state index is 0.235. The van der Waals surface area contributed by atoms with Crippen molar-refractivity contribution in [1.29, 1.82) is 0 Å². The molecule has 104 valence electrons. The van der Waals surface area contributed by atoms with Gasteiger partial charge < -0.3 is 19.8 Å². The minimum atomic E-state index is -0.338. The Hall–Kier alpha value is -1.85. The van der Waals surface area contributed by atoms with E-state index in [0.717, 1.165) is 0 Å². The van der Waals surface area contributed by atoms with Crippen molar-refractivity contribution in [2.75, 3.05) is 18.5 Å². The van der Waals surface area contributed by atoms with Gasteiger partial charge in [0.2, 0.25) is 0 Å². The van der Waals surface area contributed by atoms with Crippen LogP contribution in [0.15, 0.2) is 24.3 Å². The number of halogens is 2. The molecule has 3 rings (SSSR count). The van der Waals surface area contributed by atoms with Crippen LogP contribution in [0, 0.1) is 0 Å². The number of fused-ring (bicyclic) bond motifs is 1. The third-order valence-electron chi connectivity index (χ3n) is 2.77. The molecule has 0 spiro atoms. The van der Waals surface area contributed by atoms with Gasteiger partial charge in [-0.3, -0.25) is 4.79 Å². The second-order valence-corrected chi connectivity index (χ2v) is 4.94. The highest BCUT2D eigenvalue weighted by Gasteiger charge is 2.15. The number of aromatic amines is 1. The molecular formula is C13H10Cl2N2O3. The first-order chi connectivity index (χ1) is 9.63. The molecule has 1 amide bonds. The van der Waals surface area contributed by atoms with Crippen molar-refractivity contribution < 1.29 is 14.3 Å². The molecule has 2 N–H and O–H groups in total. The zero-order valence-corrected chi connectivity index (χ0v) is 11.7. The fourth-order valence-electron chi connectivity index (χ4n) is 1.85. The largest absolute Gasteiger partial charge is 0.486 e. The molecule has 0 bridgehead atoms. The van der Waals surface area contributed by atoms with Crippen molar-refractivity contribution in [3.05, 3.63) is 40.1 Å². The van der Waals surface area contributed by atoms with Gasteiger partial charge in [0, 0.05) is 11.8 Å². The first kappa shape index (κ1) is 13.1. The van der Waals surface area contributed by atoms with Crippen LogP contribution in [0.25, 0.3) is 0 Å². The van der Waals surface area contributed by atoms with Crippen LogP contribution in [0.2, 0.25) is 10.2 Å². The van der Waals surface area contributed by atoms with Crippen LogP contribution >= 0.6 is 23.2 Å². The molecular weight excluding hydrogens is 303 g/mol. The molecule has 2 aromatic rings. The van der Waals surface area contributed by atoms with E-state index in [0.29, 0.717) is 35.4 Å². The molecule has 20 heavy (non-hydrogen) atoms. The number of anilines is 1. The minimum Gasteiger partial charge on any atom is -0.486 e. The fourth-order valence-corrected chi connectivity index (χ4v) is 2.16. The molecule has 1 aliphatic rings. The lowest BCUT2D eigenvalue weighted by atomic mass is 10.2. The number of amides is 1. The Bertz CT molecular complexity index is 650. The Kier molecular flexibility index (Phi) is 3.46. The van der Waals surface area contributed by atoms with Gasteiger partial charge in [-0.1, -0.05) is 23.2 Å². The summed E-state index contributed by atoms with van der Waals surface area (Å²) in [5, 5.41) is 3.27. The molecule has 1 aliphatic heterocycles. The lowest BCUT2D eigenvalue weighted by Crippen LogP contribution is -2.16. The highest BCUT2D eigenvalue weighted by molar-refractivity contribution is 6.41. The van der Waals surface area contributed by atoms with E-state index in [-0.39, 0.29) is 16.8 Å². The van der Waals surface area contributed by atoms with Crippen LogP contribution in [0.4, 0.5) is 5.69 Å². The molecule has 0 radical (unpaired) electrons. The second kappa shape index (κ2) is 5.26. The maximum absolute atomic E-state index is 12.0. The van der Waals surface area contributed by atoms with E-state index in [1.807, 2.05) is 0 Å². The van der Waals surface area contributed by atoms with E-state index < -0.39 is 0 Å². The summed E-state index contributed by atoms with van der Waals surface area (Å²) in [5.41, 5.74) is 0.885. The van der Waals surface area contributed by atoms with Gasteiger partial charge in [-0.2, -0.15) is 0 Å². The number of hydrogen-bond acceptors (Lipinski definition) is 3. The van der Waals surface area contributed by atoms with Crippen molar-refractivity contribution in [3.63, 3.8) is 0 Å². The molecule has 7 heteroatoms. The fraction of sp³-hybridized carbons (Fsp3) is 0.154. The van der Waals surface area contributed by atoms with Crippen LogP contribution < -0.4 is 14.8 Å². The lowest BCUT2D eigenvalue weighted by molar-refractivity contribution is 0.102. The van der Waals surface area contributed by atoms with Gasteiger partial charge in [-0.05, 0) is 18.2 Å². The van der Waals surface area contributed by atoms with Crippen molar-refractivity contribution in [1.82, 2.24) is 4.98 Å². The second-order valence-electron chi connectivity index (χ2n) is 4.16. The maximum Gasteiger partial charge on any atom is 0.272 e. The molecule has 2 heterocycles. The zero-order chi connectivity index (χ0) is 14.1. The Balaban J connectivity index is 1.79. The summed E-state index contributed by atoms with van der Waals surface area (Å²) >= 11 is 11.6. The third kappa shape index (κ3) is 2.55. The van der Waals surface area contributed by atoms with E-state index >= 15 is 0 Å². The molecule has 1 aromatic heterocycles. The van der Waals surface area contributed by atoms with Gasteiger partial charge >= 0.3 is 0 Å². The Morgan fingerprint density at radius 3 is 2.60 bits per heavy atom. The molecule has 1 aromatic carbocycles. The van der Waals surface area contributed by atoms with Crippen molar-refractivity contribution in [2.24, 2.45) is 0 Å². The number of H-pyrrole nitrogens is 1. The normalized spacial score (nSPS) is 13.1. The molecule has 0 saturated heterocycles. The average Bonchev–Trinajstić information content (AvgIpc) is 2.79. The Labute approximate surface area is 124 Å². The van der Waals surface area contributed by atoms with E-state index in [1.54, 1.807) is 18.2 Å². The van der Waals surface area contributed by atoms with Crippen LogP contribution in [-0.4, -0.2) is 24.1 Å². The molecule has 5 nitrogen and oxygen atoms in total. The summed E-state index contributed by atoms with van der Waals surface area (Å²) in [6.07, 6.45) is 0. The third-order valence-corrected chi connectivity index (χ3v) is 3.46. The number of carbonyl (C=O) groups is 1. The Morgan fingerprint density at radius 1 is 1.15 bits per heavy atom. The maximum atomic E-state index is 12.0. The number of ether oxygens (including phenoxy) is 2. The predicted octanol–water partition coefficient (Wildman–Crippen LogP) is 3.35. The number of hydrogen-bond donors (Lipinski definition) is 2. The highest BCUT2D eigenvalue weighted by atomic mass is 35.5. The molecule has 0 atom stereocenters. The highest BCUT2D eigenvalue weighted by Crippen LogP contribution is 2.32. The average molecular weight is 313 g/mol. The van der Waals surface area contributed by atoms with Crippen molar-refractivity contribution in [2.45, 2.75) is 0 Å². The number of aromatic nitrogens is 1. The summed E-state index contributed by atoms with van der Waals surface area (Å²) in [4.78, 5) is 14.7. The first-order valence-electron chi connectivity index (χ1n) is 5.88. The van der Waals surface area contributed by atoms with Gasteiger partial charge in [0.15, 0.2) is 11.5 Å². The summed E-state index contributed by atoms with van der Waals surface area (Å²) in [6, 6.07) is 6.66. The smallest absolute Gasteiger partial charge is 0.272 e. The van der Waals surface area contributed by atoms with E-state index in [2.05, 4.69) is 10.3 Å². The SMILES string of the molecule is O=C(Nc1ccc2c(c1)OCCO2)c1cc(Cl)c(Cl)[nH]1. The standard InChI is InChI=1S/C13H10Cl2N2O3/c14-8-6-9(17-12(8)15)13(18)16-7-1-2-10-11(5-7)20-4-3-19-10/h1-2,5-6,17H,3-4H2,(H,16,18). The number of carbonyl (C=O) groups excluding carboxylic acids is 1. The molecule has 0 saturated carbocycles. The summed E-state index contributed by atoms with van der Waals surface area (Å²) in [7, 11) is 0. The molecule has 0 unspecified atom stereocenters. The van der Waals surface area contributed by atoms with Crippen molar-refractivity contribution >= 4 is 34.8 Å². The zero-order valence-electron chi connectivity index (χ0n) is 10.2. The van der Waals surface area contributed by atoms with E-state index in [4.69, 9.17) is 32.7 Å². The van der Waals surface area contributed by atoms with Gasteiger partial charge in [-0.25, -0.2) is 0 Å². The predicted molar refractivity (Wildman–Crippen MR) is 76.2 cm³/mol. The van der Waals surface area contributed by atoms with Crippen LogP contribution in [-0.2, 0) is 0 Å². The molecule has 0 aliphatic carbocycles. The van der Waals surface area contributed by atoms with Gasteiger partial charge in [0.25, 0.3) is 5.91 Å². The summed E-state index contributed by atoms with van der Waals surface area (Å²) < 4.78 is 10.9.